The molecule has 0 spiro atoms. The Balaban J connectivity index is 2.58. The van der Waals surface area contributed by atoms with Crippen LogP contribution < -0.4 is 5.73 Å². The Hall–Kier alpha value is -1.29. The number of halogens is 1. The fourth-order valence-corrected chi connectivity index (χ4v) is 2.24. The summed E-state index contributed by atoms with van der Waals surface area (Å²) < 4.78 is 6.10. The lowest BCUT2D eigenvalue weighted by atomic mass is 10.0. The molecule has 2 rings (SSSR count). The van der Waals surface area contributed by atoms with Crippen molar-refractivity contribution in [2.75, 3.05) is 5.73 Å². The monoisotopic (exact) mass is 280 g/mol. The van der Waals surface area contributed by atoms with E-state index in [4.69, 9.17) is 10.3 Å². The highest BCUT2D eigenvalue weighted by Gasteiger charge is 2.15. The van der Waals surface area contributed by atoms with Gasteiger partial charge in [0.25, 0.3) is 0 Å². The zero-order valence-electron chi connectivity index (χ0n) is 9.25. The number of rotatable bonds is 2. The number of anilines is 1. The van der Waals surface area contributed by atoms with Gasteiger partial charge in [-0.3, -0.25) is 0 Å². The van der Waals surface area contributed by atoms with E-state index in [9.17, 15) is 0 Å². The molecule has 2 aromatic rings. The van der Waals surface area contributed by atoms with Crippen molar-refractivity contribution >= 4 is 21.8 Å². The molecule has 0 saturated carbocycles. The third-order valence-electron chi connectivity index (χ3n) is 2.62. The number of hydrogen-bond acceptors (Lipinski definition) is 3. The van der Waals surface area contributed by atoms with Crippen molar-refractivity contribution in [1.29, 1.82) is 0 Å². The van der Waals surface area contributed by atoms with Crippen molar-refractivity contribution in [1.82, 2.24) is 5.16 Å². The van der Waals surface area contributed by atoms with Gasteiger partial charge < -0.3 is 10.3 Å². The highest BCUT2D eigenvalue weighted by molar-refractivity contribution is 9.10. The van der Waals surface area contributed by atoms with Gasteiger partial charge in [0.15, 0.2) is 0 Å². The predicted octanol–water partition coefficient (Wildman–Crippen LogP) is 3.56. The Morgan fingerprint density at radius 1 is 1.44 bits per heavy atom. The van der Waals surface area contributed by atoms with Crippen molar-refractivity contribution in [2.45, 2.75) is 20.3 Å². The molecule has 0 radical (unpaired) electrons. The number of aryl methyl sites for hydroxylation is 1. The topological polar surface area (TPSA) is 52.0 Å². The normalized spacial score (nSPS) is 10.7. The SMILES string of the molecule is CCc1c(-c2ccc(Br)cc2C)noc1N. The van der Waals surface area contributed by atoms with Crippen molar-refractivity contribution in [3.8, 4) is 11.3 Å². The van der Waals surface area contributed by atoms with E-state index < -0.39 is 0 Å². The van der Waals surface area contributed by atoms with E-state index in [1.165, 1.54) is 0 Å². The maximum atomic E-state index is 5.73. The molecule has 4 heteroatoms. The minimum Gasteiger partial charge on any atom is -0.367 e. The van der Waals surface area contributed by atoms with E-state index >= 15 is 0 Å². The van der Waals surface area contributed by atoms with E-state index in [2.05, 4.69) is 27.2 Å². The zero-order valence-corrected chi connectivity index (χ0v) is 10.8. The largest absolute Gasteiger partial charge is 0.367 e. The molecule has 1 aromatic carbocycles. The smallest absolute Gasteiger partial charge is 0.225 e. The predicted molar refractivity (Wildman–Crippen MR) is 68.2 cm³/mol. The molecule has 0 aliphatic rings. The number of aromatic nitrogens is 1. The lowest BCUT2D eigenvalue weighted by molar-refractivity contribution is 0.438. The van der Waals surface area contributed by atoms with Gasteiger partial charge in [-0.05, 0) is 31.0 Å². The fourth-order valence-electron chi connectivity index (χ4n) is 1.77. The van der Waals surface area contributed by atoms with E-state index in [1.54, 1.807) is 0 Å². The van der Waals surface area contributed by atoms with E-state index in [0.29, 0.717) is 5.88 Å². The molecule has 1 heterocycles. The summed E-state index contributed by atoms with van der Waals surface area (Å²) in [5, 5.41) is 4.03. The first-order chi connectivity index (χ1) is 7.63. The van der Waals surface area contributed by atoms with Gasteiger partial charge in [0, 0.05) is 15.6 Å². The Morgan fingerprint density at radius 2 is 2.19 bits per heavy atom. The highest BCUT2D eigenvalue weighted by Crippen LogP contribution is 2.31. The Labute approximate surface area is 103 Å². The second-order valence-electron chi connectivity index (χ2n) is 3.69. The van der Waals surface area contributed by atoms with Gasteiger partial charge in [0.2, 0.25) is 5.88 Å². The molecule has 0 fully saturated rings. The van der Waals surface area contributed by atoms with Crippen LogP contribution in [-0.2, 0) is 6.42 Å². The highest BCUT2D eigenvalue weighted by atomic mass is 79.9. The van der Waals surface area contributed by atoms with Gasteiger partial charge >= 0.3 is 0 Å². The minimum atomic E-state index is 0.416. The van der Waals surface area contributed by atoms with Crippen molar-refractivity contribution in [2.24, 2.45) is 0 Å². The molecule has 0 bridgehead atoms. The lowest BCUT2D eigenvalue weighted by Crippen LogP contribution is -1.91. The van der Waals surface area contributed by atoms with Crippen LogP contribution >= 0.6 is 15.9 Å². The van der Waals surface area contributed by atoms with Crippen LogP contribution in [0.1, 0.15) is 18.1 Å². The van der Waals surface area contributed by atoms with Gasteiger partial charge in [0.05, 0.1) is 0 Å². The molecule has 84 valence electrons. The summed E-state index contributed by atoms with van der Waals surface area (Å²) >= 11 is 3.44. The number of nitrogen functional groups attached to an aromatic ring is 1. The second kappa shape index (κ2) is 4.29. The third-order valence-corrected chi connectivity index (χ3v) is 3.11. The molecule has 1 aromatic heterocycles. The number of nitrogens with two attached hydrogens (primary N) is 1. The summed E-state index contributed by atoms with van der Waals surface area (Å²) in [6.07, 6.45) is 0.820. The van der Waals surface area contributed by atoms with Crippen LogP contribution in [0.4, 0.5) is 5.88 Å². The number of benzene rings is 1. The van der Waals surface area contributed by atoms with Crippen LogP contribution in [0.2, 0.25) is 0 Å². The van der Waals surface area contributed by atoms with Crippen LogP contribution in [0.25, 0.3) is 11.3 Å². The van der Waals surface area contributed by atoms with Gasteiger partial charge in [0.1, 0.15) is 5.69 Å². The van der Waals surface area contributed by atoms with Gasteiger partial charge in [-0.15, -0.1) is 0 Å². The average Bonchev–Trinajstić information content (AvgIpc) is 2.59. The molecule has 0 unspecified atom stereocenters. The number of nitrogens with zero attached hydrogens (tertiary/aromatic N) is 1. The van der Waals surface area contributed by atoms with E-state index in [1.807, 2.05) is 26.0 Å². The molecular formula is C12H13BrN2O. The molecule has 0 amide bonds. The van der Waals surface area contributed by atoms with Crippen LogP contribution in [0.3, 0.4) is 0 Å². The van der Waals surface area contributed by atoms with Gasteiger partial charge in [-0.2, -0.15) is 0 Å². The van der Waals surface area contributed by atoms with Crippen molar-refractivity contribution < 1.29 is 4.52 Å². The fraction of sp³-hybridized carbons (Fsp3) is 0.250. The summed E-state index contributed by atoms with van der Waals surface area (Å²) in [4.78, 5) is 0. The van der Waals surface area contributed by atoms with Crippen molar-refractivity contribution in [3.05, 3.63) is 33.8 Å². The average molecular weight is 281 g/mol. The third kappa shape index (κ3) is 1.85. The maximum absolute atomic E-state index is 5.73. The standard InChI is InChI=1S/C12H13BrN2O/c1-3-9-11(15-16-12(9)14)10-5-4-8(13)6-7(10)2/h4-6H,3,14H2,1-2H3. The molecule has 0 saturated heterocycles. The Morgan fingerprint density at radius 3 is 2.81 bits per heavy atom. The van der Waals surface area contributed by atoms with Gasteiger partial charge in [-0.1, -0.05) is 34.1 Å². The first kappa shape index (κ1) is 11.2. The molecule has 0 aliphatic heterocycles. The molecule has 16 heavy (non-hydrogen) atoms. The lowest BCUT2D eigenvalue weighted by Gasteiger charge is -2.04. The van der Waals surface area contributed by atoms with E-state index in [-0.39, 0.29) is 0 Å². The second-order valence-corrected chi connectivity index (χ2v) is 4.60. The summed E-state index contributed by atoms with van der Waals surface area (Å²) in [7, 11) is 0. The number of hydrogen-bond donors (Lipinski definition) is 1. The van der Waals surface area contributed by atoms with Crippen LogP contribution in [0.5, 0.6) is 0 Å². The summed E-state index contributed by atoms with van der Waals surface area (Å²) in [6.45, 7) is 4.09. The zero-order chi connectivity index (χ0) is 11.7. The van der Waals surface area contributed by atoms with Crippen LogP contribution in [-0.4, -0.2) is 5.16 Å². The quantitative estimate of drug-likeness (QED) is 0.915. The molecule has 0 atom stereocenters. The minimum absolute atomic E-state index is 0.416. The molecule has 2 N–H and O–H groups in total. The van der Waals surface area contributed by atoms with Crippen LogP contribution in [0, 0.1) is 6.92 Å². The summed E-state index contributed by atoms with van der Waals surface area (Å²) in [5.41, 5.74) is 9.78. The summed E-state index contributed by atoms with van der Waals surface area (Å²) in [5.74, 6) is 0.416. The maximum Gasteiger partial charge on any atom is 0.225 e. The first-order valence-electron chi connectivity index (χ1n) is 5.14. The molecule has 0 aliphatic carbocycles. The summed E-state index contributed by atoms with van der Waals surface area (Å²) in [6, 6.07) is 6.07. The molecular weight excluding hydrogens is 268 g/mol. The first-order valence-corrected chi connectivity index (χ1v) is 5.93. The van der Waals surface area contributed by atoms with Gasteiger partial charge in [-0.25, -0.2) is 0 Å². The van der Waals surface area contributed by atoms with Crippen LogP contribution in [0.15, 0.2) is 27.2 Å². The van der Waals surface area contributed by atoms with E-state index in [0.717, 1.165) is 33.3 Å². The van der Waals surface area contributed by atoms with Crippen molar-refractivity contribution in [3.63, 3.8) is 0 Å². The Bertz CT molecular complexity index is 520. The molecule has 3 nitrogen and oxygen atoms in total. The Kier molecular flexibility index (Phi) is 3.01.